The number of amides is 1. The van der Waals surface area contributed by atoms with Gasteiger partial charge in [0.05, 0.1) is 12.6 Å². The molecule has 0 aromatic heterocycles. The third kappa shape index (κ3) is 5.14. The van der Waals surface area contributed by atoms with Gasteiger partial charge in [-0.15, -0.1) is 0 Å². The lowest BCUT2D eigenvalue weighted by Crippen LogP contribution is -2.49. The first kappa shape index (κ1) is 14.4. The van der Waals surface area contributed by atoms with Crippen molar-refractivity contribution in [2.45, 2.75) is 45.8 Å². The highest BCUT2D eigenvalue weighted by molar-refractivity contribution is 5.84. The van der Waals surface area contributed by atoms with Crippen LogP contribution in [0.1, 0.15) is 34.1 Å². The molecule has 0 saturated heterocycles. The van der Waals surface area contributed by atoms with Gasteiger partial charge in [0.15, 0.2) is 0 Å². The smallest absolute Gasteiger partial charge is 0.251 e. The maximum atomic E-state index is 11.7. The molecule has 0 aliphatic rings. The minimum absolute atomic E-state index is 0.0380. The summed E-state index contributed by atoms with van der Waals surface area (Å²) in [5, 5.41) is 11.9. The van der Waals surface area contributed by atoms with E-state index in [1.54, 1.807) is 13.8 Å². The van der Waals surface area contributed by atoms with Crippen LogP contribution in [0.25, 0.3) is 0 Å². The van der Waals surface area contributed by atoms with E-state index in [0.717, 1.165) is 6.42 Å². The molecule has 4 nitrogen and oxygen atoms in total. The summed E-state index contributed by atoms with van der Waals surface area (Å²) in [6, 6.07) is -0.188. The molecule has 0 aliphatic carbocycles. The first-order chi connectivity index (χ1) is 6.83. The van der Waals surface area contributed by atoms with Crippen LogP contribution in [0.4, 0.5) is 0 Å². The maximum Gasteiger partial charge on any atom is 0.251 e. The van der Waals surface area contributed by atoms with E-state index in [9.17, 15) is 4.79 Å². The predicted octanol–water partition coefficient (Wildman–Crippen LogP) is 0.935. The quantitative estimate of drug-likeness (QED) is 0.696. The number of aliphatic hydroxyl groups excluding tert-OH is 1. The molecule has 2 N–H and O–H groups in total. The lowest BCUT2D eigenvalue weighted by molar-refractivity contribution is -0.140. The van der Waals surface area contributed by atoms with Crippen LogP contribution >= 0.6 is 0 Å². The van der Waals surface area contributed by atoms with Crippen LogP contribution in [0.3, 0.4) is 0 Å². The van der Waals surface area contributed by atoms with Gasteiger partial charge in [0.1, 0.15) is 5.60 Å². The molecule has 0 heterocycles. The highest BCUT2D eigenvalue weighted by atomic mass is 16.5. The molecular formula is C11H23NO3. The lowest BCUT2D eigenvalue weighted by atomic mass is 10.0. The number of carbonyl (C=O) groups is 1. The van der Waals surface area contributed by atoms with Gasteiger partial charge in [-0.3, -0.25) is 4.79 Å². The van der Waals surface area contributed by atoms with Crippen LogP contribution in [0, 0.1) is 5.92 Å². The van der Waals surface area contributed by atoms with Crippen LogP contribution in [0.5, 0.6) is 0 Å². The van der Waals surface area contributed by atoms with Crippen molar-refractivity contribution in [2.75, 3.05) is 13.7 Å². The number of carbonyl (C=O) groups excluding carboxylic acids is 1. The Morgan fingerprint density at radius 1 is 1.47 bits per heavy atom. The van der Waals surface area contributed by atoms with Crippen LogP contribution in [0.2, 0.25) is 0 Å². The first-order valence-electron chi connectivity index (χ1n) is 5.30. The van der Waals surface area contributed by atoms with Gasteiger partial charge in [-0.25, -0.2) is 0 Å². The zero-order chi connectivity index (χ0) is 12.1. The molecule has 0 bridgehead atoms. The molecule has 0 rings (SSSR count). The third-order valence-electron chi connectivity index (χ3n) is 2.37. The van der Waals surface area contributed by atoms with Gasteiger partial charge >= 0.3 is 0 Å². The number of ether oxygens (including phenoxy) is 1. The highest BCUT2D eigenvalue weighted by Crippen LogP contribution is 2.10. The molecule has 1 atom stereocenters. The summed E-state index contributed by atoms with van der Waals surface area (Å²) in [6.45, 7) is 7.47. The second-order valence-electron chi connectivity index (χ2n) is 4.70. The molecule has 0 aromatic rings. The normalized spacial score (nSPS) is 14.1. The molecule has 4 heteroatoms. The topological polar surface area (TPSA) is 58.6 Å². The number of rotatable bonds is 6. The van der Waals surface area contributed by atoms with E-state index in [-0.39, 0.29) is 18.6 Å². The Labute approximate surface area is 92.0 Å². The Bertz CT molecular complexity index is 202. The predicted molar refractivity (Wildman–Crippen MR) is 59.6 cm³/mol. The number of methoxy groups -OCH3 is 1. The fourth-order valence-electron chi connectivity index (χ4n) is 1.20. The number of hydrogen-bond donors (Lipinski definition) is 2. The molecule has 0 radical (unpaired) electrons. The average molecular weight is 217 g/mol. The summed E-state index contributed by atoms with van der Waals surface area (Å²) in [6.07, 6.45) is 0.766. The molecule has 90 valence electrons. The second kappa shape index (κ2) is 6.08. The summed E-state index contributed by atoms with van der Waals surface area (Å²) in [7, 11) is 1.50. The maximum absolute atomic E-state index is 11.7. The molecule has 0 fully saturated rings. The summed E-state index contributed by atoms with van der Waals surface area (Å²) >= 11 is 0. The van der Waals surface area contributed by atoms with E-state index in [2.05, 4.69) is 19.2 Å². The monoisotopic (exact) mass is 217 g/mol. The van der Waals surface area contributed by atoms with Crippen molar-refractivity contribution in [1.82, 2.24) is 5.32 Å². The fraction of sp³-hybridized carbons (Fsp3) is 0.909. The van der Waals surface area contributed by atoms with Crippen molar-refractivity contribution < 1.29 is 14.6 Å². The largest absolute Gasteiger partial charge is 0.394 e. The van der Waals surface area contributed by atoms with Crippen molar-refractivity contribution in [3.05, 3.63) is 0 Å². The van der Waals surface area contributed by atoms with E-state index >= 15 is 0 Å². The summed E-state index contributed by atoms with van der Waals surface area (Å²) < 4.78 is 5.06. The Morgan fingerprint density at radius 3 is 2.33 bits per heavy atom. The van der Waals surface area contributed by atoms with Gasteiger partial charge in [0.2, 0.25) is 0 Å². The average Bonchev–Trinajstić information content (AvgIpc) is 2.15. The van der Waals surface area contributed by atoms with E-state index in [1.165, 1.54) is 7.11 Å². The van der Waals surface area contributed by atoms with Crippen LogP contribution in [-0.4, -0.2) is 36.4 Å². The van der Waals surface area contributed by atoms with E-state index in [4.69, 9.17) is 9.84 Å². The SMILES string of the molecule is COC(C)(C)C(=O)NC(CO)CC(C)C. The minimum Gasteiger partial charge on any atom is -0.394 e. The Kier molecular flexibility index (Phi) is 5.83. The number of hydrogen-bond acceptors (Lipinski definition) is 3. The standard InChI is InChI=1S/C11H23NO3/c1-8(2)6-9(7-13)12-10(14)11(3,4)15-5/h8-9,13H,6-7H2,1-5H3,(H,12,14). The van der Waals surface area contributed by atoms with Crippen LogP contribution < -0.4 is 5.32 Å². The molecule has 15 heavy (non-hydrogen) atoms. The molecule has 1 unspecified atom stereocenters. The Balaban J connectivity index is 4.24. The van der Waals surface area contributed by atoms with Crippen molar-refractivity contribution in [1.29, 1.82) is 0 Å². The zero-order valence-electron chi connectivity index (χ0n) is 10.3. The van der Waals surface area contributed by atoms with Crippen molar-refractivity contribution in [3.8, 4) is 0 Å². The van der Waals surface area contributed by atoms with Crippen molar-refractivity contribution >= 4 is 5.91 Å². The minimum atomic E-state index is -0.843. The van der Waals surface area contributed by atoms with Gasteiger partial charge in [-0.05, 0) is 26.2 Å². The van der Waals surface area contributed by atoms with E-state index < -0.39 is 5.60 Å². The van der Waals surface area contributed by atoms with E-state index in [0.29, 0.717) is 5.92 Å². The molecule has 0 aliphatic heterocycles. The van der Waals surface area contributed by atoms with Crippen LogP contribution in [0.15, 0.2) is 0 Å². The van der Waals surface area contributed by atoms with Crippen molar-refractivity contribution in [2.24, 2.45) is 5.92 Å². The summed E-state index contributed by atoms with van der Waals surface area (Å²) in [5.74, 6) is 0.248. The first-order valence-corrected chi connectivity index (χ1v) is 5.30. The summed E-state index contributed by atoms with van der Waals surface area (Å²) in [5.41, 5.74) is -0.843. The molecule has 0 aromatic carbocycles. The lowest BCUT2D eigenvalue weighted by Gasteiger charge is -2.26. The van der Waals surface area contributed by atoms with Crippen molar-refractivity contribution in [3.63, 3.8) is 0 Å². The Morgan fingerprint density at radius 2 is 2.00 bits per heavy atom. The van der Waals surface area contributed by atoms with Crippen LogP contribution in [-0.2, 0) is 9.53 Å². The number of nitrogens with one attached hydrogen (secondary N) is 1. The molecular weight excluding hydrogens is 194 g/mol. The van der Waals surface area contributed by atoms with Gasteiger partial charge in [-0.2, -0.15) is 0 Å². The van der Waals surface area contributed by atoms with Gasteiger partial charge in [0, 0.05) is 7.11 Å². The van der Waals surface area contributed by atoms with Gasteiger partial charge in [0.25, 0.3) is 5.91 Å². The summed E-state index contributed by atoms with van der Waals surface area (Å²) in [4.78, 5) is 11.7. The third-order valence-corrected chi connectivity index (χ3v) is 2.37. The molecule has 0 saturated carbocycles. The second-order valence-corrected chi connectivity index (χ2v) is 4.70. The molecule has 1 amide bonds. The van der Waals surface area contributed by atoms with Gasteiger partial charge in [-0.1, -0.05) is 13.8 Å². The fourth-order valence-corrected chi connectivity index (χ4v) is 1.20. The van der Waals surface area contributed by atoms with Gasteiger partial charge < -0.3 is 15.2 Å². The van der Waals surface area contributed by atoms with E-state index in [1.807, 2.05) is 0 Å². The number of aliphatic hydroxyl groups is 1. The zero-order valence-corrected chi connectivity index (χ0v) is 10.3. The molecule has 0 spiro atoms. The Hall–Kier alpha value is -0.610. The highest BCUT2D eigenvalue weighted by Gasteiger charge is 2.28.